The van der Waals surface area contributed by atoms with Gasteiger partial charge in [-0.15, -0.1) is 6.07 Å². The minimum absolute atomic E-state index is 0. The summed E-state index contributed by atoms with van der Waals surface area (Å²) in [5.74, 6) is -0.936. The second kappa shape index (κ2) is 36.5. The maximum absolute atomic E-state index is 10.1. The molecule has 2 aromatic carbocycles. The Morgan fingerprint density at radius 1 is 1.00 bits per heavy atom. The molecule has 0 saturated carbocycles. The van der Waals surface area contributed by atoms with Gasteiger partial charge in [0.2, 0.25) is 0 Å². The second-order valence-electron chi connectivity index (χ2n) is 7.65. The number of rotatable bonds is 3. The molecule has 0 amide bonds. The van der Waals surface area contributed by atoms with Gasteiger partial charge in [0.25, 0.3) is 0 Å². The molecule has 6 rings (SSSR count). The first-order valence-electron chi connectivity index (χ1n) is 12.8. The van der Waals surface area contributed by atoms with Crippen molar-refractivity contribution in [3.05, 3.63) is 119 Å². The Morgan fingerprint density at radius 3 is 2.14 bits per heavy atom. The first-order valence-corrected chi connectivity index (χ1v) is 37.1. The van der Waals surface area contributed by atoms with Crippen LogP contribution in [0.15, 0.2) is 106 Å². The van der Waals surface area contributed by atoms with Gasteiger partial charge in [0.1, 0.15) is 17.0 Å². The van der Waals surface area contributed by atoms with Gasteiger partial charge >= 0.3 is 195 Å². The Balaban J connectivity index is -0.000000580. The number of hydrogen-bond acceptors (Lipinski definition) is 10. The summed E-state index contributed by atoms with van der Waals surface area (Å²) in [4.78, 5) is 31.0. The van der Waals surface area contributed by atoms with Crippen LogP contribution >= 0.6 is 76.5 Å². The average molecular weight is 1190 g/mol. The molecule has 0 spiro atoms. The van der Waals surface area contributed by atoms with Crippen molar-refractivity contribution in [1.29, 1.82) is 0 Å². The Hall–Kier alpha value is 3.12. The number of phenolic OH excluding ortho intramolecular Hbond substituents is 1. The molecule has 1 unspecified atom stereocenters. The maximum atomic E-state index is 10.1. The summed E-state index contributed by atoms with van der Waals surface area (Å²) in [6.45, 7) is 0. The van der Waals surface area contributed by atoms with E-state index in [9.17, 15) is 9.90 Å². The topological polar surface area (TPSA) is 182 Å². The molecule has 0 fully saturated rings. The van der Waals surface area contributed by atoms with Crippen LogP contribution in [0.25, 0.3) is 33.3 Å². The van der Waals surface area contributed by atoms with Crippen LogP contribution in [0.5, 0.6) is 5.75 Å². The van der Waals surface area contributed by atoms with Gasteiger partial charge in [0, 0.05) is 34.2 Å². The number of fused-ring (bicyclic) bond motifs is 3. The van der Waals surface area contributed by atoms with Gasteiger partial charge in [-0.3, -0.25) is 9.97 Å². The van der Waals surface area contributed by atoms with Gasteiger partial charge in [0.15, 0.2) is 0 Å². The monoisotopic (exact) mass is 1180 g/mol. The standard InChI is InChI=1S/C11H7BrClNO.C11H6NO.C6H5NO2.CH4.2Cu.2HI.3K.HO4P/c12-8-4-2-6-14-10(8)7-3-1-5-9(13)11(7)15;1-2-5-9-8(4-1)11-10(13-9)6-3-7-12-11;8-6(9)5-3-1-2-4-7-5;;;;;;;;;1-4-5(2)3/h1-6,15H;1-4,6-7H;1-4H,(H,8,9);1H4;;;2*1H;;;;1H/q;-1;;;+1;+2;;;;;+1;/p-3. The molecule has 0 bridgehead atoms. The Bertz CT molecular complexity index is 1780. The largest absolute Gasteiger partial charge is 0.482 e. The van der Waals surface area contributed by atoms with E-state index in [1.807, 2.05) is 42.5 Å². The number of carboxylic acids is 1. The van der Waals surface area contributed by atoms with Crippen molar-refractivity contribution in [2.75, 3.05) is 0 Å². The molecule has 21 heteroatoms. The van der Waals surface area contributed by atoms with Crippen LogP contribution in [-0.4, -0.2) is 94.3 Å². The van der Waals surface area contributed by atoms with E-state index >= 15 is 0 Å². The fraction of sp³-hybridized carbons (Fsp3) is 0.0345. The SMILES string of the molecule is C.O=C(O)c1ccccn1.O=[P+]([O-])O[O-].Oc1c(Cl)cccc1-c1ncccc1Br.[Cu+][I].[Cu][I].[K+].[K][K].[c-]1cccc2c1oc1cccnc12. The number of furan rings is 1. The number of pyridine rings is 3. The van der Waals surface area contributed by atoms with Gasteiger partial charge in [-0.25, -0.2) is 14.5 Å². The molecule has 4 aromatic heterocycles. The summed E-state index contributed by atoms with van der Waals surface area (Å²) in [5.41, 5.74) is 3.88. The predicted molar refractivity (Wildman–Crippen MR) is 201 cm³/mol. The van der Waals surface area contributed by atoms with Crippen molar-refractivity contribution in [3.63, 3.8) is 0 Å². The third-order valence-electron chi connectivity index (χ3n) is 5.00. The molecular weight excluding hydrogens is 1160 g/mol. The van der Waals surface area contributed by atoms with Crippen LogP contribution in [0.2, 0.25) is 5.02 Å². The number of hydrogen-bond donors (Lipinski definition) is 2. The molecule has 1 atom stereocenters. The number of aromatic hydroxyl groups is 1. The summed E-state index contributed by atoms with van der Waals surface area (Å²) in [6.07, 6.45) is 4.88. The zero-order valence-corrected chi connectivity index (χ0v) is 44.3. The number of carboxylic acid groups (broad SMARTS) is 1. The van der Waals surface area contributed by atoms with Crippen LogP contribution in [0.1, 0.15) is 17.9 Å². The quantitative estimate of drug-likeness (QED) is 0.0642. The summed E-state index contributed by atoms with van der Waals surface area (Å²) in [5, 5.41) is 28.0. The zero-order valence-electron chi connectivity index (χ0n) is 25.5. The average Bonchev–Trinajstić information content (AvgIpc) is 3.52. The summed E-state index contributed by atoms with van der Waals surface area (Å²) >= 11 is 23.4. The molecule has 0 radical (unpaired) electrons. The predicted octanol–water partition coefficient (Wildman–Crippen LogP) is 4.37. The molecule has 0 aliphatic rings. The van der Waals surface area contributed by atoms with Gasteiger partial charge in [0.05, 0.1) is 16.2 Å². The van der Waals surface area contributed by atoms with Crippen molar-refractivity contribution >= 4 is 168 Å². The van der Waals surface area contributed by atoms with Crippen LogP contribution in [0.4, 0.5) is 0 Å². The summed E-state index contributed by atoms with van der Waals surface area (Å²) in [6, 6.07) is 26.2. The second-order valence-corrected chi connectivity index (χ2v) is 9.51. The van der Waals surface area contributed by atoms with E-state index in [0.717, 1.165) is 26.5 Å². The van der Waals surface area contributed by atoms with E-state index in [0.29, 0.717) is 16.3 Å². The smallest absolute Gasteiger partial charge is 0.138 e. The minimum atomic E-state index is -3.15. The Kier molecular flexibility index (Phi) is 41.9. The fourth-order valence-corrected chi connectivity index (χ4v) is 3.90. The number of benzene rings is 2. The molecule has 2 N–H and O–H groups in total. The number of aromatic nitrogens is 3. The van der Waals surface area contributed by atoms with Gasteiger partial charge in [-0.2, -0.15) is 18.2 Å². The first-order chi connectivity index (χ1) is 23.2. The van der Waals surface area contributed by atoms with E-state index in [1.165, 1.54) is 75.4 Å². The van der Waals surface area contributed by atoms with E-state index in [2.05, 4.69) is 67.1 Å². The van der Waals surface area contributed by atoms with Gasteiger partial charge in [-0.05, 0) is 69.0 Å². The van der Waals surface area contributed by atoms with E-state index < -0.39 is 14.2 Å². The van der Waals surface area contributed by atoms with Crippen LogP contribution in [0, 0.1) is 6.07 Å². The van der Waals surface area contributed by atoms with Crippen molar-refractivity contribution < 1.29 is 116 Å². The van der Waals surface area contributed by atoms with Gasteiger partial charge in [-0.1, -0.05) is 36.5 Å². The number of para-hydroxylation sites is 2. The third kappa shape index (κ3) is 22.2. The van der Waals surface area contributed by atoms with E-state index in [1.54, 1.807) is 83.4 Å². The Morgan fingerprint density at radius 2 is 1.60 bits per heavy atom. The van der Waals surface area contributed by atoms with Gasteiger partial charge < -0.3 is 24.8 Å². The van der Waals surface area contributed by atoms with Crippen LogP contribution < -0.4 is 61.5 Å². The van der Waals surface area contributed by atoms with Crippen LogP contribution in [0.3, 0.4) is 0 Å². The first kappa shape index (κ1) is 57.4. The number of phenols is 1. The third-order valence-corrected chi connectivity index (χ3v) is 6.07. The molecule has 0 aliphatic heterocycles. The van der Waals surface area contributed by atoms with Crippen molar-refractivity contribution in [2.24, 2.45) is 0 Å². The maximum Gasteiger partial charge on any atom is 0.138 e. The molecule has 11 nitrogen and oxygen atoms in total. The van der Waals surface area contributed by atoms with Crippen LogP contribution in [-0.2, 0) is 34.8 Å². The number of nitrogens with zero attached hydrogens (tertiary/aromatic N) is 3. The molecule has 0 aliphatic carbocycles. The summed E-state index contributed by atoms with van der Waals surface area (Å²) < 4.78 is 17.7. The summed E-state index contributed by atoms with van der Waals surface area (Å²) in [7, 11) is -3.15. The zero-order chi connectivity index (χ0) is 36.5. The van der Waals surface area contributed by atoms with E-state index in [-0.39, 0.29) is 70.3 Å². The van der Waals surface area contributed by atoms with E-state index in [4.69, 9.17) is 35.8 Å². The molecule has 259 valence electrons. The normalized spacial score (nSPS) is 9.12. The number of carbonyl (C=O) groups is 1. The molecular formula is C29H22BrClCu2I2K3N3O8P. The Labute approximate surface area is 430 Å². The number of halogens is 4. The van der Waals surface area contributed by atoms with Crippen molar-refractivity contribution in [3.8, 4) is 17.0 Å². The molecule has 50 heavy (non-hydrogen) atoms. The molecule has 6 aromatic rings. The van der Waals surface area contributed by atoms with Crippen molar-refractivity contribution in [1.82, 2.24) is 15.0 Å². The number of aromatic carboxylic acids is 1. The molecule has 4 heterocycles. The fourth-order valence-electron chi connectivity index (χ4n) is 3.26. The van der Waals surface area contributed by atoms with Crippen molar-refractivity contribution in [2.45, 2.75) is 7.43 Å². The minimum Gasteiger partial charge on any atom is -0.482 e. The molecule has 0 saturated heterocycles.